The molecule has 1 heterocycles. The Morgan fingerprint density at radius 3 is 2.38 bits per heavy atom. The fraction of sp³-hybridized carbons (Fsp3) is 0.462. The SMILES string of the molecule is N=C(Cc1ccc(Br)cc1)N1CCCCC1. The Kier molecular flexibility index (Phi) is 3.99. The third-order valence-corrected chi connectivity index (χ3v) is 3.55. The second-order valence-electron chi connectivity index (χ2n) is 4.30. The maximum Gasteiger partial charge on any atom is 0.100 e. The molecule has 2 rings (SSSR count). The quantitative estimate of drug-likeness (QED) is 0.652. The van der Waals surface area contributed by atoms with Gasteiger partial charge in [0.2, 0.25) is 0 Å². The standard InChI is InChI=1S/C13H17BrN2/c14-12-6-4-11(5-7-12)10-13(15)16-8-2-1-3-9-16/h4-7,15H,1-3,8-10H2. The number of piperidine rings is 1. The van der Waals surface area contributed by atoms with Crippen LogP contribution >= 0.6 is 15.9 Å². The molecule has 0 radical (unpaired) electrons. The zero-order valence-corrected chi connectivity index (χ0v) is 11.0. The molecule has 16 heavy (non-hydrogen) atoms. The van der Waals surface area contributed by atoms with E-state index in [1.165, 1.54) is 24.8 Å². The van der Waals surface area contributed by atoms with Crippen molar-refractivity contribution in [2.24, 2.45) is 0 Å². The molecule has 0 aromatic heterocycles. The molecule has 0 aliphatic carbocycles. The van der Waals surface area contributed by atoms with E-state index in [1.54, 1.807) is 0 Å². The monoisotopic (exact) mass is 280 g/mol. The van der Waals surface area contributed by atoms with Crippen molar-refractivity contribution in [1.29, 1.82) is 5.41 Å². The van der Waals surface area contributed by atoms with Crippen molar-refractivity contribution in [2.45, 2.75) is 25.7 Å². The normalized spacial score (nSPS) is 16.2. The Morgan fingerprint density at radius 1 is 1.12 bits per heavy atom. The first kappa shape index (κ1) is 11.6. The van der Waals surface area contributed by atoms with Gasteiger partial charge in [0, 0.05) is 24.0 Å². The Hall–Kier alpha value is -0.830. The van der Waals surface area contributed by atoms with E-state index in [9.17, 15) is 0 Å². The van der Waals surface area contributed by atoms with E-state index >= 15 is 0 Å². The van der Waals surface area contributed by atoms with E-state index < -0.39 is 0 Å². The van der Waals surface area contributed by atoms with Crippen molar-refractivity contribution < 1.29 is 0 Å². The van der Waals surface area contributed by atoms with Gasteiger partial charge in [-0.15, -0.1) is 0 Å². The largest absolute Gasteiger partial charge is 0.360 e. The number of amidine groups is 1. The van der Waals surface area contributed by atoms with Gasteiger partial charge in [-0.05, 0) is 37.0 Å². The van der Waals surface area contributed by atoms with Gasteiger partial charge in [-0.2, -0.15) is 0 Å². The van der Waals surface area contributed by atoms with Gasteiger partial charge in [-0.3, -0.25) is 5.41 Å². The number of benzene rings is 1. The first-order valence-electron chi connectivity index (χ1n) is 5.82. The van der Waals surface area contributed by atoms with Crippen molar-refractivity contribution in [3.8, 4) is 0 Å². The Balaban J connectivity index is 1.93. The highest BCUT2D eigenvalue weighted by molar-refractivity contribution is 9.10. The molecule has 86 valence electrons. The Labute approximate surface area is 105 Å². The van der Waals surface area contributed by atoms with Crippen LogP contribution in [-0.4, -0.2) is 23.8 Å². The molecule has 2 nitrogen and oxygen atoms in total. The van der Waals surface area contributed by atoms with Crippen LogP contribution in [0.4, 0.5) is 0 Å². The second kappa shape index (κ2) is 5.48. The van der Waals surface area contributed by atoms with E-state index in [2.05, 4.69) is 33.0 Å². The lowest BCUT2D eigenvalue weighted by molar-refractivity contribution is 0.336. The minimum atomic E-state index is 0.757. The lowest BCUT2D eigenvalue weighted by Gasteiger charge is -2.29. The maximum atomic E-state index is 8.09. The molecule has 1 N–H and O–H groups in total. The summed E-state index contributed by atoms with van der Waals surface area (Å²) in [6, 6.07) is 8.25. The highest BCUT2D eigenvalue weighted by Gasteiger charge is 2.13. The summed E-state index contributed by atoms with van der Waals surface area (Å²) < 4.78 is 1.10. The molecule has 0 amide bonds. The Bertz CT molecular complexity index is 353. The van der Waals surface area contributed by atoms with Crippen LogP contribution in [0.15, 0.2) is 28.7 Å². The fourth-order valence-electron chi connectivity index (χ4n) is 2.07. The van der Waals surface area contributed by atoms with Crippen LogP contribution in [0.1, 0.15) is 24.8 Å². The fourth-order valence-corrected chi connectivity index (χ4v) is 2.34. The van der Waals surface area contributed by atoms with Gasteiger partial charge in [-0.1, -0.05) is 28.1 Å². The average Bonchev–Trinajstić information content (AvgIpc) is 2.33. The van der Waals surface area contributed by atoms with E-state index in [1.807, 2.05) is 12.1 Å². The molecule has 3 heteroatoms. The molecule has 0 bridgehead atoms. The topological polar surface area (TPSA) is 27.1 Å². The van der Waals surface area contributed by atoms with Gasteiger partial charge in [0.1, 0.15) is 5.84 Å². The van der Waals surface area contributed by atoms with E-state index in [-0.39, 0.29) is 0 Å². The number of halogens is 1. The van der Waals surface area contributed by atoms with Crippen molar-refractivity contribution in [1.82, 2.24) is 4.90 Å². The Morgan fingerprint density at radius 2 is 1.75 bits per heavy atom. The van der Waals surface area contributed by atoms with Gasteiger partial charge in [0.05, 0.1) is 0 Å². The molecule has 1 aromatic rings. The summed E-state index contributed by atoms with van der Waals surface area (Å²) in [4.78, 5) is 2.21. The highest BCUT2D eigenvalue weighted by atomic mass is 79.9. The summed E-state index contributed by atoms with van der Waals surface area (Å²) in [5.41, 5.74) is 1.22. The molecule has 0 atom stereocenters. The van der Waals surface area contributed by atoms with Crippen LogP contribution in [0.3, 0.4) is 0 Å². The first-order valence-corrected chi connectivity index (χ1v) is 6.62. The van der Waals surface area contributed by atoms with E-state index in [0.717, 1.165) is 29.8 Å². The average molecular weight is 281 g/mol. The maximum absolute atomic E-state index is 8.09. The lowest BCUT2D eigenvalue weighted by atomic mass is 10.1. The van der Waals surface area contributed by atoms with Crippen molar-refractivity contribution in [3.05, 3.63) is 34.3 Å². The minimum Gasteiger partial charge on any atom is -0.360 e. The van der Waals surface area contributed by atoms with Gasteiger partial charge in [0.25, 0.3) is 0 Å². The molecule has 1 fully saturated rings. The molecule has 0 saturated carbocycles. The molecular formula is C13H17BrN2. The van der Waals surface area contributed by atoms with Crippen LogP contribution in [0.2, 0.25) is 0 Å². The summed E-state index contributed by atoms with van der Waals surface area (Å²) >= 11 is 3.42. The number of nitrogens with one attached hydrogen (secondary N) is 1. The number of rotatable bonds is 2. The van der Waals surface area contributed by atoms with Crippen LogP contribution in [0.25, 0.3) is 0 Å². The number of hydrogen-bond acceptors (Lipinski definition) is 1. The van der Waals surface area contributed by atoms with Crippen molar-refractivity contribution in [2.75, 3.05) is 13.1 Å². The molecule has 1 aliphatic heterocycles. The number of hydrogen-bond donors (Lipinski definition) is 1. The summed E-state index contributed by atoms with van der Waals surface area (Å²) in [6.07, 6.45) is 4.56. The smallest absolute Gasteiger partial charge is 0.100 e. The molecular weight excluding hydrogens is 264 g/mol. The van der Waals surface area contributed by atoms with Crippen LogP contribution in [0, 0.1) is 5.41 Å². The lowest BCUT2D eigenvalue weighted by Crippen LogP contribution is -2.36. The summed E-state index contributed by atoms with van der Waals surface area (Å²) in [5.74, 6) is 0.766. The zero-order chi connectivity index (χ0) is 11.4. The predicted octanol–water partition coefficient (Wildman–Crippen LogP) is 3.45. The molecule has 0 spiro atoms. The molecule has 0 unspecified atom stereocenters. The van der Waals surface area contributed by atoms with Crippen molar-refractivity contribution in [3.63, 3.8) is 0 Å². The van der Waals surface area contributed by atoms with Gasteiger partial charge >= 0.3 is 0 Å². The third kappa shape index (κ3) is 3.08. The van der Waals surface area contributed by atoms with Crippen LogP contribution in [-0.2, 0) is 6.42 Å². The summed E-state index contributed by atoms with van der Waals surface area (Å²) in [6.45, 7) is 2.13. The van der Waals surface area contributed by atoms with E-state index in [0.29, 0.717) is 0 Å². The molecule has 1 aromatic carbocycles. The highest BCUT2D eigenvalue weighted by Crippen LogP contribution is 2.14. The van der Waals surface area contributed by atoms with Crippen LogP contribution in [0.5, 0.6) is 0 Å². The summed E-state index contributed by atoms with van der Waals surface area (Å²) in [7, 11) is 0. The zero-order valence-electron chi connectivity index (χ0n) is 9.38. The minimum absolute atomic E-state index is 0.757. The van der Waals surface area contributed by atoms with Gasteiger partial charge in [0.15, 0.2) is 0 Å². The van der Waals surface area contributed by atoms with Crippen LogP contribution < -0.4 is 0 Å². The first-order chi connectivity index (χ1) is 7.75. The van der Waals surface area contributed by atoms with Gasteiger partial charge in [-0.25, -0.2) is 0 Å². The van der Waals surface area contributed by atoms with E-state index in [4.69, 9.17) is 5.41 Å². The van der Waals surface area contributed by atoms with Crippen molar-refractivity contribution >= 4 is 21.8 Å². The predicted molar refractivity (Wildman–Crippen MR) is 71.0 cm³/mol. The molecule has 1 saturated heterocycles. The van der Waals surface area contributed by atoms with Gasteiger partial charge < -0.3 is 4.90 Å². The number of likely N-dealkylation sites (tertiary alicyclic amines) is 1. The second-order valence-corrected chi connectivity index (χ2v) is 5.21. The molecule has 1 aliphatic rings. The third-order valence-electron chi connectivity index (χ3n) is 3.02. The number of nitrogens with zero attached hydrogens (tertiary/aromatic N) is 1. The summed E-state index contributed by atoms with van der Waals surface area (Å²) in [5, 5.41) is 8.09.